The minimum Gasteiger partial charge on any atom is -0.259 e. The van der Waals surface area contributed by atoms with Crippen molar-refractivity contribution in [2.75, 3.05) is 0 Å². The second-order valence-corrected chi connectivity index (χ2v) is 7.32. The Labute approximate surface area is 143 Å². The summed E-state index contributed by atoms with van der Waals surface area (Å²) in [6.07, 6.45) is 0. The lowest BCUT2D eigenvalue weighted by Crippen LogP contribution is -2.02. The molecule has 0 bridgehead atoms. The molecule has 0 N–H and O–H groups in total. The molecule has 124 valence electrons. The maximum atomic E-state index is 12.9. The van der Waals surface area contributed by atoms with Gasteiger partial charge in [-0.15, -0.1) is 0 Å². The maximum absolute atomic E-state index is 12.9. The van der Waals surface area contributed by atoms with Gasteiger partial charge in [0.05, 0.1) is 11.4 Å². The molecule has 0 aliphatic rings. The van der Waals surface area contributed by atoms with E-state index in [2.05, 4.69) is 5.10 Å². The van der Waals surface area contributed by atoms with Crippen molar-refractivity contribution in [1.82, 2.24) is 9.78 Å². The highest BCUT2D eigenvalue weighted by atomic mass is 32.2. The first-order valence-electron chi connectivity index (χ1n) is 7.73. The van der Waals surface area contributed by atoms with Crippen molar-refractivity contribution in [3.8, 4) is 5.69 Å². The molecule has 24 heavy (non-hydrogen) atoms. The third-order valence-electron chi connectivity index (χ3n) is 3.76. The number of benzene rings is 2. The summed E-state index contributed by atoms with van der Waals surface area (Å²) in [4.78, 5) is 0. The molecule has 0 spiro atoms. The van der Waals surface area contributed by atoms with Crippen molar-refractivity contribution in [3.05, 3.63) is 82.9 Å². The largest absolute Gasteiger partial charge is 0.259 e. The second-order valence-electron chi connectivity index (χ2n) is 5.86. The number of halogens is 1. The highest BCUT2D eigenvalue weighted by molar-refractivity contribution is 7.83. The van der Waals surface area contributed by atoms with Crippen LogP contribution in [0.1, 0.15) is 22.5 Å². The van der Waals surface area contributed by atoms with Crippen molar-refractivity contribution in [1.29, 1.82) is 0 Å². The molecule has 3 aromatic rings. The Kier molecular flexibility index (Phi) is 4.90. The highest BCUT2D eigenvalue weighted by Crippen LogP contribution is 2.15. The van der Waals surface area contributed by atoms with Gasteiger partial charge >= 0.3 is 0 Å². The molecule has 0 unspecified atom stereocenters. The van der Waals surface area contributed by atoms with Gasteiger partial charge in [-0.05, 0) is 55.3 Å². The Morgan fingerprint density at radius 1 is 0.958 bits per heavy atom. The summed E-state index contributed by atoms with van der Waals surface area (Å²) in [6, 6.07) is 16.1. The van der Waals surface area contributed by atoms with Crippen LogP contribution in [0.25, 0.3) is 5.69 Å². The van der Waals surface area contributed by atoms with Gasteiger partial charge in [0.1, 0.15) is 5.82 Å². The van der Waals surface area contributed by atoms with Crippen LogP contribution in [0.5, 0.6) is 0 Å². The first-order chi connectivity index (χ1) is 11.5. The predicted octanol–water partition coefficient (Wildman–Crippen LogP) is 4.08. The van der Waals surface area contributed by atoms with Crippen LogP contribution in [0.3, 0.4) is 0 Å². The molecule has 0 aliphatic heterocycles. The number of hydrogen-bond acceptors (Lipinski definition) is 2. The minimum absolute atomic E-state index is 0.274. The quantitative estimate of drug-likeness (QED) is 0.700. The number of rotatable bonds is 5. The number of nitrogens with zero attached hydrogens (tertiary/aromatic N) is 2. The number of hydrogen-bond donors (Lipinski definition) is 0. The van der Waals surface area contributed by atoms with E-state index in [-0.39, 0.29) is 5.82 Å². The summed E-state index contributed by atoms with van der Waals surface area (Å²) in [5.74, 6) is 0.637. The monoisotopic (exact) mass is 342 g/mol. The predicted molar refractivity (Wildman–Crippen MR) is 95.0 cm³/mol. The fraction of sp³-hybridized carbons (Fsp3) is 0.211. The van der Waals surface area contributed by atoms with E-state index < -0.39 is 10.8 Å². The van der Waals surface area contributed by atoms with Crippen molar-refractivity contribution < 1.29 is 8.60 Å². The van der Waals surface area contributed by atoms with Crippen LogP contribution in [-0.4, -0.2) is 14.0 Å². The molecule has 0 saturated carbocycles. The summed E-state index contributed by atoms with van der Waals surface area (Å²) in [6.45, 7) is 3.99. The van der Waals surface area contributed by atoms with Gasteiger partial charge in [0, 0.05) is 28.0 Å². The van der Waals surface area contributed by atoms with Crippen LogP contribution in [0.4, 0.5) is 4.39 Å². The van der Waals surface area contributed by atoms with Gasteiger partial charge in [-0.3, -0.25) is 4.21 Å². The van der Waals surface area contributed by atoms with E-state index in [0.29, 0.717) is 11.5 Å². The standard InChI is InChI=1S/C19H19FN2OS/c1-14-11-15(2)22(21-14)19-9-5-17(6-10-19)13-24(23)12-16-3-7-18(20)8-4-16/h3-11H,12-13H2,1-2H3/t24-/m1/s1. The fourth-order valence-corrected chi connectivity index (χ4v) is 3.86. The molecule has 1 aromatic heterocycles. The summed E-state index contributed by atoms with van der Waals surface area (Å²) < 4.78 is 27.1. The van der Waals surface area contributed by atoms with Gasteiger partial charge in [-0.2, -0.15) is 5.10 Å². The molecule has 0 saturated heterocycles. The third-order valence-corrected chi connectivity index (χ3v) is 5.07. The van der Waals surface area contributed by atoms with Crippen LogP contribution in [0, 0.1) is 19.7 Å². The average molecular weight is 342 g/mol. The van der Waals surface area contributed by atoms with Gasteiger partial charge in [-0.1, -0.05) is 24.3 Å². The lowest BCUT2D eigenvalue weighted by Gasteiger charge is -2.07. The van der Waals surface area contributed by atoms with E-state index in [1.807, 2.05) is 48.9 Å². The molecule has 5 heteroatoms. The lowest BCUT2D eigenvalue weighted by atomic mass is 10.2. The molecule has 0 radical (unpaired) electrons. The van der Waals surface area contributed by atoms with Gasteiger partial charge in [0.15, 0.2) is 0 Å². The second kappa shape index (κ2) is 7.09. The first-order valence-corrected chi connectivity index (χ1v) is 9.22. The van der Waals surface area contributed by atoms with Crippen molar-refractivity contribution in [3.63, 3.8) is 0 Å². The van der Waals surface area contributed by atoms with E-state index in [4.69, 9.17) is 0 Å². The number of aromatic nitrogens is 2. The molecule has 0 fully saturated rings. The van der Waals surface area contributed by atoms with E-state index in [0.717, 1.165) is 28.2 Å². The molecule has 0 aliphatic carbocycles. The van der Waals surface area contributed by atoms with Crippen LogP contribution in [0.2, 0.25) is 0 Å². The van der Waals surface area contributed by atoms with E-state index in [1.165, 1.54) is 12.1 Å². The van der Waals surface area contributed by atoms with Crippen LogP contribution in [0.15, 0.2) is 54.6 Å². The van der Waals surface area contributed by atoms with Crippen molar-refractivity contribution in [2.24, 2.45) is 0 Å². The Morgan fingerprint density at radius 3 is 2.00 bits per heavy atom. The Balaban J connectivity index is 1.66. The average Bonchev–Trinajstić information content (AvgIpc) is 2.89. The highest BCUT2D eigenvalue weighted by Gasteiger charge is 2.06. The molecule has 1 atom stereocenters. The Bertz CT molecular complexity index is 854. The summed E-state index contributed by atoms with van der Waals surface area (Å²) >= 11 is 0. The molecular formula is C19H19FN2OS. The topological polar surface area (TPSA) is 34.9 Å². The van der Waals surface area contributed by atoms with Crippen LogP contribution >= 0.6 is 0 Å². The van der Waals surface area contributed by atoms with Crippen LogP contribution < -0.4 is 0 Å². The minimum atomic E-state index is -1.02. The SMILES string of the molecule is Cc1cc(C)n(-c2ccc(C[S@](=O)Cc3ccc(F)cc3)cc2)n1. The van der Waals surface area contributed by atoms with Gasteiger partial charge in [0.25, 0.3) is 0 Å². The third kappa shape index (κ3) is 3.97. The Hall–Kier alpha value is -2.27. The van der Waals surface area contributed by atoms with E-state index in [9.17, 15) is 8.60 Å². The first kappa shape index (κ1) is 16.6. The van der Waals surface area contributed by atoms with Crippen molar-refractivity contribution >= 4 is 10.8 Å². The molecule has 0 amide bonds. The summed E-state index contributed by atoms with van der Waals surface area (Å²) in [5.41, 5.74) is 4.96. The van der Waals surface area contributed by atoms with Gasteiger partial charge < -0.3 is 0 Å². The molecule has 3 nitrogen and oxygen atoms in total. The lowest BCUT2D eigenvalue weighted by molar-refractivity contribution is 0.627. The molecule has 1 heterocycles. The number of aryl methyl sites for hydroxylation is 2. The summed E-state index contributed by atoms with van der Waals surface area (Å²) in [5, 5.41) is 4.46. The zero-order valence-corrected chi connectivity index (χ0v) is 14.5. The van der Waals surface area contributed by atoms with Crippen LogP contribution in [-0.2, 0) is 22.3 Å². The molecule has 2 aromatic carbocycles. The normalized spacial score (nSPS) is 12.3. The van der Waals surface area contributed by atoms with E-state index in [1.54, 1.807) is 12.1 Å². The fourth-order valence-electron chi connectivity index (χ4n) is 2.63. The maximum Gasteiger partial charge on any atom is 0.123 e. The van der Waals surface area contributed by atoms with Gasteiger partial charge in [-0.25, -0.2) is 9.07 Å². The van der Waals surface area contributed by atoms with Gasteiger partial charge in [0.2, 0.25) is 0 Å². The zero-order chi connectivity index (χ0) is 17.1. The van der Waals surface area contributed by atoms with Crippen molar-refractivity contribution in [2.45, 2.75) is 25.4 Å². The summed E-state index contributed by atoms with van der Waals surface area (Å²) in [7, 11) is -1.02. The molecular weight excluding hydrogens is 323 g/mol. The van der Waals surface area contributed by atoms with E-state index >= 15 is 0 Å². The zero-order valence-electron chi connectivity index (χ0n) is 13.7. The molecule has 3 rings (SSSR count). The smallest absolute Gasteiger partial charge is 0.123 e. The Morgan fingerprint density at radius 2 is 1.50 bits per heavy atom.